The Kier molecular flexibility index (Phi) is 5.94. The summed E-state index contributed by atoms with van der Waals surface area (Å²) in [5.41, 5.74) is 1.98. The highest BCUT2D eigenvalue weighted by molar-refractivity contribution is 6.35. The lowest BCUT2D eigenvalue weighted by Crippen LogP contribution is -2.51. The van der Waals surface area contributed by atoms with Gasteiger partial charge in [0.15, 0.2) is 6.10 Å². The number of aromatic nitrogens is 2. The number of rotatable bonds is 5. The topological polar surface area (TPSA) is 50.1 Å². The van der Waals surface area contributed by atoms with Crippen LogP contribution in [0.15, 0.2) is 48.8 Å². The Bertz CT molecular complexity index is 982. The second-order valence-corrected chi connectivity index (χ2v) is 7.98. The molecule has 0 spiro atoms. The minimum atomic E-state index is -0.612. The highest BCUT2D eigenvalue weighted by Gasteiger charge is 2.26. The van der Waals surface area contributed by atoms with E-state index in [2.05, 4.69) is 16.1 Å². The maximum absolute atomic E-state index is 12.8. The van der Waals surface area contributed by atoms with Crippen molar-refractivity contribution in [2.45, 2.75) is 19.6 Å². The molecule has 0 radical (unpaired) electrons. The first kappa shape index (κ1) is 20.0. The summed E-state index contributed by atoms with van der Waals surface area (Å²) in [5.74, 6) is 0.422. The maximum Gasteiger partial charge on any atom is 0.263 e. The average Bonchev–Trinajstić information content (AvgIpc) is 3.12. The molecule has 6 nitrogen and oxygen atoms in total. The van der Waals surface area contributed by atoms with Crippen LogP contribution in [0.2, 0.25) is 10.0 Å². The van der Waals surface area contributed by atoms with E-state index in [1.165, 1.54) is 0 Å². The molecule has 8 heteroatoms. The number of carbonyl (C=O) groups is 1. The predicted molar refractivity (Wildman–Crippen MR) is 114 cm³/mol. The van der Waals surface area contributed by atoms with Crippen LogP contribution in [0.1, 0.15) is 12.6 Å². The summed E-state index contributed by atoms with van der Waals surface area (Å²) in [5, 5.41) is 0.928. The number of piperazine rings is 1. The van der Waals surface area contributed by atoms with Gasteiger partial charge in [-0.1, -0.05) is 29.3 Å². The number of hydrogen-bond acceptors (Lipinski definition) is 4. The number of nitrogens with zero attached hydrogens (tertiary/aromatic N) is 4. The zero-order valence-corrected chi connectivity index (χ0v) is 17.6. The number of amides is 1. The summed E-state index contributed by atoms with van der Waals surface area (Å²) < 4.78 is 7.79. The maximum atomic E-state index is 12.8. The van der Waals surface area contributed by atoms with Crippen LogP contribution in [-0.2, 0) is 11.3 Å². The molecule has 152 valence electrons. The summed E-state index contributed by atoms with van der Waals surface area (Å²) in [6, 6.07) is 10.9. The van der Waals surface area contributed by atoms with E-state index in [1.807, 2.05) is 33.7 Å². The number of halogens is 2. The number of hydrogen-bond donors (Lipinski definition) is 0. The number of benzene rings is 1. The molecular weight excluding hydrogens is 411 g/mol. The van der Waals surface area contributed by atoms with E-state index in [9.17, 15) is 4.79 Å². The van der Waals surface area contributed by atoms with Crippen LogP contribution >= 0.6 is 23.2 Å². The van der Waals surface area contributed by atoms with Gasteiger partial charge in [0.25, 0.3) is 5.91 Å². The fourth-order valence-electron chi connectivity index (χ4n) is 3.49. The van der Waals surface area contributed by atoms with Gasteiger partial charge in [0, 0.05) is 50.1 Å². The van der Waals surface area contributed by atoms with Crippen molar-refractivity contribution in [2.75, 3.05) is 26.2 Å². The van der Waals surface area contributed by atoms with E-state index in [1.54, 1.807) is 25.1 Å². The Morgan fingerprint density at radius 2 is 1.97 bits per heavy atom. The molecule has 29 heavy (non-hydrogen) atoms. The smallest absolute Gasteiger partial charge is 0.263 e. The van der Waals surface area contributed by atoms with Gasteiger partial charge < -0.3 is 14.0 Å². The Balaban J connectivity index is 1.30. The number of imidazole rings is 1. The van der Waals surface area contributed by atoms with E-state index in [0.29, 0.717) is 28.9 Å². The molecule has 1 aliphatic heterocycles. The largest absolute Gasteiger partial charge is 0.479 e. The van der Waals surface area contributed by atoms with Gasteiger partial charge in [-0.2, -0.15) is 0 Å². The SMILES string of the molecule is CC(Oc1ccc(Cl)cc1Cl)C(=O)N1CCN(Cc2cn3ccccc3n2)CC1. The second kappa shape index (κ2) is 8.61. The van der Waals surface area contributed by atoms with E-state index in [0.717, 1.165) is 31.0 Å². The Morgan fingerprint density at radius 3 is 2.69 bits per heavy atom. The van der Waals surface area contributed by atoms with Gasteiger partial charge in [-0.15, -0.1) is 0 Å². The molecule has 3 aromatic rings. The molecule has 0 bridgehead atoms. The van der Waals surface area contributed by atoms with Crippen molar-refractivity contribution in [1.29, 1.82) is 0 Å². The molecule has 1 unspecified atom stereocenters. The van der Waals surface area contributed by atoms with Crippen LogP contribution in [0.5, 0.6) is 5.75 Å². The first-order valence-electron chi connectivity index (χ1n) is 9.55. The van der Waals surface area contributed by atoms with Crippen LogP contribution in [-0.4, -0.2) is 57.4 Å². The molecule has 2 aromatic heterocycles. The van der Waals surface area contributed by atoms with Crippen LogP contribution in [0.25, 0.3) is 5.65 Å². The summed E-state index contributed by atoms with van der Waals surface area (Å²) >= 11 is 12.0. The molecule has 0 saturated carbocycles. The average molecular weight is 433 g/mol. The molecule has 1 saturated heterocycles. The standard InChI is InChI=1S/C21H22Cl2N4O2/c1-15(29-19-6-5-16(22)12-18(19)23)21(28)26-10-8-25(9-11-26)13-17-14-27-7-3-2-4-20(27)24-17/h2-7,12,14-15H,8-11,13H2,1H3. The molecular formula is C21H22Cl2N4O2. The zero-order chi connectivity index (χ0) is 20.4. The molecule has 1 fully saturated rings. The summed E-state index contributed by atoms with van der Waals surface area (Å²) in [6.07, 6.45) is 3.44. The van der Waals surface area contributed by atoms with E-state index >= 15 is 0 Å². The van der Waals surface area contributed by atoms with Crippen molar-refractivity contribution < 1.29 is 9.53 Å². The third kappa shape index (κ3) is 4.66. The van der Waals surface area contributed by atoms with Gasteiger partial charge in [-0.3, -0.25) is 9.69 Å². The quantitative estimate of drug-likeness (QED) is 0.615. The lowest BCUT2D eigenvalue weighted by Gasteiger charge is -2.35. The van der Waals surface area contributed by atoms with E-state index in [4.69, 9.17) is 27.9 Å². The van der Waals surface area contributed by atoms with Gasteiger partial charge >= 0.3 is 0 Å². The molecule has 4 rings (SSSR count). The lowest BCUT2D eigenvalue weighted by atomic mass is 10.2. The highest BCUT2D eigenvalue weighted by Crippen LogP contribution is 2.28. The summed E-state index contributed by atoms with van der Waals surface area (Å²) in [4.78, 5) is 21.6. The van der Waals surface area contributed by atoms with Crippen molar-refractivity contribution in [2.24, 2.45) is 0 Å². The third-order valence-corrected chi connectivity index (χ3v) is 5.56. The van der Waals surface area contributed by atoms with E-state index < -0.39 is 6.10 Å². The molecule has 1 aromatic carbocycles. The number of carbonyl (C=O) groups excluding carboxylic acids is 1. The van der Waals surface area contributed by atoms with Crippen LogP contribution < -0.4 is 4.74 Å². The molecule has 3 heterocycles. The monoisotopic (exact) mass is 432 g/mol. The van der Waals surface area contributed by atoms with Gasteiger partial charge in [0.2, 0.25) is 0 Å². The minimum absolute atomic E-state index is 0.0385. The summed E-state index contributed by atoms with van der Waals surface area (Å²) in [7, 11) is 0. The lowest BCUT2D eigenvalue weighted by molar-refractivity contribution is -0.139. The molecule has 1 aliphatic rings. The van der Waals surface area contributed by atoms with Crippen LogP contribution in [0.4, 0.5) is 0 Å². The summed E-state index contributed by atoms with van der Waals surface area (Å²) in [6.45, 7) is 5.44. The van der Waals surface area contributed by atoms with Gasteiger partial charge in [0.05, 0.1) is 10.7 Å². The third-order valence-electron chi connectivity index (χ3n) is 5.03. The minimum Gasteiger partial charge on any atom is -0.479 e. The van der Waals surface area contributed by atoms with Crippen molar-refractivity contribution in [1.82, 2.24) is 19.2 Å². The fraction of sp³-hybridized carbons (Fsp3) is 0.333. The highest BCUT2D eigenvalue weighted by atomic mass is 35.5. The Labute approximate surface area is 179 Å². The molecule has 0 aliphatic carbocycles. The zero-order valence-electron chi connectivity index (χ0n) is 16.1. The normalized spacial score (nSPS) is 16.2. The number of fused-ring (bicyclic) bond motifs is 1. The molecule has 1 atom stereocenters. The van der Waals surface area contributed by atoms with Crippen molar-refractivity contribution in [3.63, 3.8) is 0 Å². The first-order valence-corrected chi connectivity index (χ1v) is 10.3. The van der Waals surface area contributed by atoms with Crippen molar-refractivity contribution in [3.05, 3.63) is 64.5 Å². The Morgan fingerprint density at radius 1 is 1.17 bits per heavy atom. The van der Waals surface area contributed by atoms with Crippen LogP contribution in [0.3, 0.4) is 0 Å². The van der Waals surface area contributed by atoms with Gasteiger partial charge in [-0.25, -0.2) is 4.98 Å². The van der Waals surface area contributed by atoms with Crippen LogP contribution in [0, 0.1) is 0 Å². The van der Waals surface area contributed by atoms with Crippen molar-refractivity contribution in [3.8, 4) is 5.75 Å². The fourth-order valence-corrected chi connectivity index (χ4v) is 3.94. The Hall–Kier alpha value is -2.28. The first-order chi connectivity index (χ1) is 14.0. The van der Waals surface area contributed by atoms with E-state index in [-0.39, 0.29) is 5.91 Å². The molecule has 1 amide bonds. The predicted octanol–water partition coefficient (Wildman–Crippen LogP) is 3.75. The van der Waals surface area contributed by atoms with Gasteiger partial charge in [0.1, 0.15) is 11.4 Å². The van der Waals surface area contributed by atoms with Gasteiger partial charge in [-0.05, 0) is 37.3 Å². The molecule has 0 N–H and O–H groups in total. The number of ether oxygens (including phenoxy) is 1. The second-order valence-electron chi connectivity index (χ2n) is 7.13. The number of pyridine rings is 1. The van der Waals surface area contributed by atoms with Crippen molar-refractivity contribution >= 4 is 34.8 Å².